The van der Waals surface area contributed by atoms with E-state index in [0.29, 0.717) is 11.8 Å². The van der Waals surface area contributed by atoms with Crippen LogP contribution in [0.2, 0.25) is 0 Å². The van der Waals surface area contributed by atoms with Gasteiger partial charge < -0.3 is 19.3 Å². The molecule has 5 nitrogen and oxygen atoms in total. The standard InChI is InChI=1S/C19H28N2O3.ClH/c1-20(2)15-9-14-10-17(23-3)18(24-4)11-16(14)21(12-15)19(22)13-7-5-6-8-13;/h10-11,13,15H,5-9,12H2,1-4H3;1H. The molecule has 1 heterocycles. The third kappa shape index (κ3) is 3.87. The van der Waals surface area contributed by atoms with E-state index in [1.54, 1.807) is 14.2 Å². The van der Waals surface area contributed by atoms with E-state index in [9.17, 15) is 4.79 Å². The minimum absolute atomic E-state index is 0. The van der Waals surface area contributed by atoms with Crippen LogP contribution in [0.1, 0.15) is 31.2 Å². The van der Waals surface area contributed by atoms with Gasteiger partial charge in [0.2, 0.25) is 5.91 Å². The average Bonchev–Trinajstić information content (AvgIpc) is 3.13. The fraction of sp³-hybridized carbons (Fsp3) is 0.632. The van der Waals surface area contributed by atoms with Crippen LogP contribution in [0, 0.1) is 5.92 Å². The number of rotatable bonds is 4. The van der Waals surface area contributed by atoms with Gasteiger partial charge in [-0.15, -0.1) is 12.4 Å². The molecule has 0 saturated heterocycles. The van der Waals surface area contributed by atoms with Crippen LogP contribution in [0.15, 0.2) is 12.1 Å². The van der Waals surface area contributed by atoms with Crippen LogP contribution < -0.4 is 14.4 Å². The van der Waals surface area contributed by atoms with Gasteiger partial charge in [0.15, 0.2) is 11.5 Å². The van der Waals surface area contributed by atoms with Gasteiger partial charge in [-0.05, 0) is 45.0 Å². The van der Waals surface area contributed by atoms with Crippen molar-refractivity contribution in [2.45, 2.75) is 38.1 Å². The number of ether oxygens (including phenoxy) is 2. The summed E-state index contributed by atoms with van der Waals surface area (Å²) in [6, 6.07) is 4.31. The van der Waals surface area contributed by atoms with Crippen LogP contribution in [0.25, 0.3) is 0 Å². The Hall–Kier alpha value is -1.46. The summed E-state index contributed by atoms with van der Waals surface area (Å²) in [5, 5.41) is 0. The normalized spacial score (nSPS) is 20.2. The van der Waals surface area contributed by atoms with Gasteiger partial charge in [0.1, 0.15) is 0 Å². The lowest BCUT2D eigenvalue weighted by molar-refractivity contribution is -0.122. The summed E-state index contributed by atoms with van der Waals surface area (Å²) < 4.78 is 10.9. The number of likely N-dealkylation sites (N-methyl/N-ethyl adjacent to an activating group) is 1. The molecule has 0 N–H and O–H groups in total. The van der Waals surface area contributed by atoms with Crippen molar-refractivity contribution in [2.24, 2.45) is 5.92 Å². The summed E-state index contributed by atoms with van der Waals surface area (Å²) in [6.45, 7) is 0.741. The number of amides is 1. The molecule has 1 atom stereocenters. The molecular weight excluding hydrogens is 340 g/mol. The highest BCUT2D eigenvalue weighted by Crippen LogP contribution is 2.40. The Kier molecular flexibility index (Phi) is 6.58. The van der Waals surface area contributed by atoms with Crippen LogP contribution in [0.4, 0.5) is 5.69 Å². The molecule has 3 rings (SSSR count). The van der Waals surface area contributed by atoms with Gasteiger partial charge in [0, 0.05) is 24.6 Å². The van der Waals surface area contributed by atoms with E-state index in [2.05, 4.69) is 19.0 Å². The minimum Gasteiger partial charge on any atom is -0.493 e. The fourth-order valence-corrected chi connectivity index (χ4v) is 3.90. The van der Waals surface area contributed by atoms with Crippen LogP contribution >= 0.6 is 12.4 Å². The van der Waals surface area contributed by atoms with Crippen molar-refractivity contribution in [1.29, 1.82) is 0 Å². The van der Waals surface area contributed by atoms with E-state index >= 15 is 0 Å². The van der Waals surface area contributed by atoms with Gasteiger partial charge in [0.25, 0.3) is 0 Å². The van der Waals surface area contributed by atoms with Crippen LogP contribution in [0.3, 0.4) is 0 Å². The molecular formula is C19H29ClN2O3. The number of hydrogen-bond acceptors (Lipinski definition) is 4. The first-order valence-corrected chi connectivity index (χ1v) is 8.77. The predicted octanol–water partition coefficient (Wildman–Crippen LogP) is 3.14. The van der Waals surface area contributed by atoms with E-state index < -0.39 is 0 Å². The lowest BCUT2D eigenvalue weighted by Crippen LogP contribution is -2.49. The zero-order chi connectivity index (χ0) is 17.3. The van der Waals surface area contributed by atoms with Gasteiger partial charge in [-0.3, -0.25) is 4.79 Å². The topological polar surface area (TPSA) is 42.0 Å². The molecule has 0 aromatic heterocycles. The van der Waals surface area contributed by atoms with Crippen LogP contribution in [-0.2, 0) is 11.2 Å². The number of carbonyl (C=O) groups is 1. The summed E-state index contributed by atoms with van der Waals surface area (Å²) in [5.41, 5.74) is 2.14. The Morgan fingerprint density at radius 3 is 2.28 bits per heavy atom. The second-order valence-electron chi connectivity index (χ2n) is 7.09. The van der Waals surface area contributed by atoms with Crippen molar-refractivity contribution in [3.05, 3.63) is 17.7 Å². The molecule has 2 aliphatic rings. The molecule has 6 heteroatoms. The highest BCUT2D eigenvalue weighted by atomic mass is 35.5. The molecule has 1 saturated carbocycles. The van der Waals surface area contributed by atoms with Gasteiger partial charge in [-0.1, -0.05) is 12.8 Å². The summed E-state index contributed by atoms with van der Waals surface area (Å²) >= 11 is 0. The van der Waals surface area contributed by atoms with E-state index in [-0.39, 0.29) is 24.2 Å². The number of hydrogen-bond donors (Lipinski definition) is 0. The number of benzene rings is 1. The maximum absolute atomic E-state index is 13.1. The van der Waals surface area contributed by atoms with Crippen LogP contribution in [-0.4, -0.2) is 51.7 Å². The highest BCUT2D eigenvalue weighted by Gasteiger charge is 2.35. The van der Waals surface area contributed by atoms with Gasteiger partial charge in [-0.2, -0.15) is 0 Å². The first kappa shape index (κ1) is 19.9. The molecule has 25 heavy (non-hydrogen) atoms. The Balaban J connectivity index is 0.00000225. The lowest BCUT2D eigenvalue weighted by Gasteiger charge is -2.39. The first-order valence-electron chi connectivity index (χ1n) is 8.77. The minimum atomic E-state index is 0. The number of carbonyl (C=O) groups excluding carboxylic acids is 1. The molecule has 0 spiro atoms. The van der Waals surface area contributed by atoms with E-state index in [1.165, 1.54) is 12.8 Å². The fourth-order valence-electron chi connectivity index (χ4n) is 3.90. The molecule has 0 bridgehead atoms. The highest BCUT2D eigenvalue weighted by molar-refractivity contribution is 5.97. The van der Waals surface area contributed by atoms with Crippen molar-refractivity contribution in [3.8, 4) is 11.5 Å². The number of methoxy groups -OCH3 is 2. The van der Waals surface area contributed by atoms with E-state index in [1.807, 2.05) is 17.0 Å². The first-order chi connectivity index (χ1) is 11.5. The lowest BCUT2D eigenvalue weighted by atomic mass is 9.94. The second kappa shape index (κ2) is 8.28. The molecule has 140 valence electrons. The predicted molar refractivity (Wildman–Crippen MR) is 102 cm³/mol. The maximum Gasteiger partial charge on any atom is 0.230 e. The average molecular weight is 369 g/mol. The number of nitrogens with zero attached hydrogens (tertiary/aromatic N) is 2. The van der Waals surface area contributed by atoms with Gasteiger partial charge in [-0.25, -0.2) is 0 Å². The Morgan fingerprint density at radius 2 is 1.72 bits per heavy atom. The smallest absolute Gasteiger partial charge is 0.230 e. The van der Waals surface area contributed by atoms with Crippen molar-refractivity contribution in [1.82, 2.24) is 4.90 Å². The van der Waals surface area contributed by atoms with Crippen molar-refractivity contribution >= 4 is 24.0 Å². The Labute approximate surface area is 156 Å². The van der Waals surface area contributed by atoms with Crippen molar-refractivity contribution < 1.29 is 14.3 Å². The SMILES string of the molecule is COc1cc2c(cc1OC)N(C(=O)C1CCCC1)CC(N(C)C)C2.Cl. The molecule has 1 aliphatic heterocycles. The Bertz CT molecular complexity index is 615. The van der Waals surface area contributed by atoms with Crippen LogP contribution in [0.5, 0.6) is 11.5 Å². The van der Waals surface area contributed by atoms with E-state index in [4.69, 9.17) is 9.47 Å². The number of anilines is 1. The third-order valence-corrected chi connectivity index (χ3v) is 5.43. The Morgan fingerprint density at radius 1 is 1.12 bits per heavy atom. The number of fused-ring (bicyclic) bond motifs is 1. The second-order valence-corrected chi connectivity index (χ2v) is 7.09. The quantitative estimate of drug-likeness (QED) is 0.818. The van der Waals surface area contributed by atoms with Gasteiger partial charge in [0.05, 0.1) is 19.9 Å². The molecule has 1 amide bonds. The molecule has 1 aromatic carbocycles. The van der Waals surface area contributed by atoms with Crippen molar-refractivity contribution in [3.63, 3.8) is 0 Å². The third-order valence-electron chi connectivity index (χ3n) is 5.43. The van der Waals surface area contributed by atoms with Crippen molar-refractivity contribution in [2.75, 3.05) is 39.8 Å². The number of halogens is 1. The zero-order valence-electron chi connectivity index (χ0n) is 15.6. The monoisotopic (exact) mass is 368 g/mol. The summed E-state index contributed by atoms with van der Waals surface area (Å²) in [5.74, 6) is 1.85. The molecule has 1 aromatic rings. The van der Waals surface area contributed by atoms with Gasteiger partial charge >= 0.3 is 0 Å². The molecule has 1 fully saturated rings. The molecule has 0 radical (unpaired) electrons. The summed E-state index contributed by atoms with van der Waals surface area (Å²) in [6.07, 6.45) is 5.28. The zero-order valence-corrected chi connectivity index (χ0v) is 16.4. The van der Waals surface area contributed by atoms with E-state index in [0.717, 1.165) is 42.8 Å². The maximum atomic E-state index is 13.1. The summed E-state index contributed by atoms with van der Waals surface area (Å²) in [7, 11) is 7.44. The molecule has 1 aliphatic carbocycles. The summed E-state index contributed by atoms with van der Waals surface area (Å²) in [4.78, 5) is 17.3. The largest absolute Gasteiger partial charge is 0.493 e. The molecule has 1 unspecified atom stereocenters.